The van der Waals surface area contributed by atoms with Gasteiger partial charge in [-0.15, -0.1) is 0 Å². The Morgan fingerprint density at radius 3 is 2.79 bits per heavy atom. The number of hydrogen-bond acceptors (Lipinski definition) is 2. The van der Waals surface area contributed by atoms with Crippen LogP contribution in [-0.2, 0) is 13.0 Å². The van der Waals surface area contributed by atoms with Crippen molar-refractivity contribution in [1.82, 2.24) is 14.5 Å². The van der Waals surface area contributed by atoms with Crippen LogP contribution in [0.15, 0.2) is 54.7 Å². The molecule has 6 heteroatoms. The number of nitrogens with one attached hydrogen (secondary N) is 2. The number of nitrogens with zero attached hydrogens (tertiary/aromatic N) is 2. The maximum Gasteiger partial charge on any atom is 0.272 e. The highest BCUT2D eigenvalue weighted by Crippen LogP contribution is 2.24. The highest BCUT2D eigenvalue weighted by Gasteiger charge is 2.14. The predicted molar refractivity (Wildman–Crippen MR) is 107 cm³/mol. The van der Waals surface area contributed by atoms with Crippen molar-refractivity contribution in [2.75, 3.05) is 5.32 Å². The fourth-order valence-corrected chi connectivity index (χ4v) is 3.72. The molecule has 2 N–H and O–H groups in total. The number of halogens is 1. The van der Waals surface area contributed by atoms with Crippen LogP contribution in [0.5, 0.6) is 0 Å². The summed E-state index contributed by atoms with van der Waals surface area (Å²) < 4.78 is 16.0. The van der Waals surface area contributed by atoms with E-state index in [1.54, 1.807) is 12.1 Å². The molecule has 5 rings (SSSR count). The van der Waals surface area contributed by atoms with Gasteiger partial charge < -0.3 is 14.9 Å². The molecule has 0 radical (unpaired) electrons. The number of aryl methyl sites for hydroxylation is 2. The van der Waals surface area contributed by atoms with E-state index >= 15 is 0 Å². The standard InChI is InChI=1S/C22H19FN4O/c23-17-4-3-5-18-16(17)12-19(25-18)22(28)24-15-9-7-14(8-10-15)20-13-27-11-2-1-6-21(27)26-20/h3-5,7-10,12-13,25H,1-2,6,11H2,(H,24,28). The first kappa shape index (κ1) is 16.7. The van der Waals surface area contributed by atoms with Crippen LogP contribution in [0.2, 0.25) is 0 Å². The molecule has 28 heavy (non-hydrogen) atoms. The fourth-order valence-electron chi connectivity index (χ4n) is 3.72. The van der Waals surface area contributed by atoms with E-state index in [0.29, 0.717) is 22.3 Å². The molecule has 1 amide bonds. The van der Waals surface area contributed by atoms with Crippen LogP contribution in [0, 0.1) is 5.82 Å². The molecule has 0 fully saturated rings. The van der Waals surface area contributed by atoms with E-state index in [1.807, 2.05) is 24.3 Å². The van der Waals surface area contributed by atoms with E-state index in [0.717, 1.165) is 30.0 Å². The van der Waals surface area contributed by atoms with Gasteiger partial charge in [0.15, 0.2) is 0 Å². The minimum atomic E-state index is -0.347. The molecule has 0 atom stereocenters. The van der Waals surface area contributed by atoms with Gasteiger partial charge >= 0.3 is 0 Å². The Labute approximate surface area is 161 Å². The number of carbonyl (C=O) groups excluding carboxylic acids is 1. The van der Waals surface area contributed by atoms with E-state index in [4.69, 9.17) is 4.98 Å². The van der Waals surface area contributed by atoms with Gasteiger partial charge in [0, 0.05) is 41.3 Å². The summed E-state index contributed by atoms with van der Waals surface area (Å²) in [5.41, 5.74) is 3.58. The third-order valence-corrected chi connectivity index (χ3v) is 5.20. The molecule has 2 aromatic carbocycles. The number of amides is 1. The fraction of sp³-hybridized carbons (Fsp3) is 0.182. The van der Waals surface area contributed by atoms with Crippen molar-refractivity contribution in [1.29, 1.82) is 0 Å². The first-order valence-electron chi connectivity index (χ1n) is 9.42. The van der Waals surface area contributed by atoms with Gasteiger partial charge in [0.05, 0.1) is 5.69 Å². The maximum atomic E-state index is 13.8. The molecule has 0 spiro atoms. The van der Waals surface area contributed by atoms with Crippen LogP contribution < -0.4 is 5.32 Å². The molecule has 0 aliphatic carbocycles. The van der Waals surface area contributed by atoms with Crippen LogP contribution in [0.4, 0.5) is 10.1 Å². The molecular formula is C22H19FN4O. The highest BCUT2D eigenvalue weighted by molar-refractivity contribution is 6.06. The molecule has 1 aliphatic rings. The van der Waals surface area contributed by atoms with Gasteiger partial charge in [-0.25, -0.2) is 9.37 Å². The largest absolute Gasteiger partial charge is 0.350 e. The summed E-state index contributed by atoms with van der Waals surface area (Å²) in [6.07, 6.45) is 5.52. The van der Waals surface area contributed by atoms with Crippen LogP contribution in [0.25, 0.3) is 22.2 Å². The summed E-state index contributed by atoms with van der Waals surface area (Å²) in [4.78, 5) is 20.2. The molecule has 3 heterocycles. The van der Waals surface area contributed by atoms with E-state index in [1.165, 1.54) is 25.0 Å². The van der Waals surface area contributed by atoms with Crippen molar-refractivity contribution in [3.8, 4) is 11.3 Å². The molecule has 0 bridgehead atoms. The molecule has 5 nitrogen and oxygen atoms in total. The number of rotatable bonds is 3. The number of fused-ring (bicyclic) bond motifs is 2. The van der Waals surface area contributed by atoms with Gasteiger partial charge in [-0.2, -0.15) is 0 Å². The summed E-state index contributed by atoms with van der Waals surface area (Å²) in [7, 11) is 0. The topological polar surface area (TPSA) is 62.7 Å². The Morgan fingerprint density at radius 2 is 2.00 bits per heavy atom. The minimum Gasteiger partial charge on any atom is -0.350 e. The van der Waals surface area contributed by atoms with E-state index < -0.39 is 0 Å². The lowest BCUT2D eigenvalue weighted by Gasteiger charge is -2.11. The second-order valence-electron chi connectivity index (χ2n) is 7.11. The third kappa shape index (κ3) is 2.97. The minimum absolute atomic E-state index is 0.305. The van der Waals surface area contributed by atoms with Crippen molar-refractivity contribution < 1.29 is 9.18 Å². The van der Waals surface area contributed by atoms with Gasteiger partial charge in [0.2, 0.25) is 0 Å². The SMILES string of the molecule is O=C(Nc1ccc(-c2cn3c(n2)CCCC3)cc1)c1cc2c(F)cccc2[nH]1. The Hall–Kier alpha value is -3.41. The Balaban J connectivity index is 1.34. The predicted octanol–water partition coefficient (Wildman–Crippen LogP) is 4.76. The lowest BCUT2D eigenvalue weighted by Crippen LogP contribution is -2.12. The van der Waals surface area contributed by atoms with Gasteiger partial charge in [-0.1, -0.05) is 18.2 Å². The summed E-state index contributed by atoms with van der Waals surface area (Å²) in [5, 5.41) is 3.26. The molecule has 0 unspecified atom stereocenters. The third-order valence-electron chi connectivity index (χ3n) is 5.20. The average molecular weight is 374 g/mol. The molecule has 0 saturated carbocycles. The highest BCUT2D eigenvalue weighted by atomic mass is 19.1. The lowest BCUT2D eigenvalue weighted by atomic mass is 10.1. The zero-order valence-corrected chi connectivity index (χ0v) is 15.2. The second-order valence-corrected chi connectivity index (χ2v) is 7.11. The number of aromatic amines is 1. The zero-order valence-electron chi connectivity index (χ0n) is 15.2. The quantitative estimate of drug-likeness (QED) is 0.543. The van der Waals surface area contributed by atoms with Crippen molar-refractivity contribution in [3.63, 3.8) is 0 Å². The van der Waals surface area contributed by atoms with Crippen LogP contribution in [0.1, 0.15) is 29.2 Å². The van der Waals surface area contributed by atoms with Gasteiger partial charge in [-0.05, 0) is 43.2 Å². The van der Waals surface area contributed by atoms with E-state index in [-0.39, 0.29) is 11.7 Å². The number of H-pyrrole nitrogens is 1. The Bertz CT molecular complexity index is 1150. The maximum absolute atomic E-state index is 13.8. The monoisotopic (exact) mass is 374 g/mol. The van der Waals surface area contributed by atoms with Gasteiger partial charge in [-0.3, -0.25) is 4.79 Å². The average Bonchev–Trinajstić information content (AvgIpc) is 3.33. The number of carbonyl (C=O) groups is 1. The summed E-state index contributed by atoms with van der Waals surface area (Å²) in [6.45, 7) is 1.03. The normalized spacial score (nSPS) is 13.5. The summed E-state index contributed by atoms with van der Waals surface area (Å²) >= 11 is 0. The van der Waals surface area contributed by atoms with Crippen molar-refractivity contribution in [3.05, 3.63) is 72.1 Å². The number of aromatic nitrogens is 3. The summed E-state index contributed by atoms with van der Waals surface area (Å²) in [5.74, 6) is 0.491. The molecule has 2 aromatic heterocycles. The van der Waals surface area contributed by atoms with E-state index in [2.05, 4.69) is 21.1 Å². The second kappa shape index (κ2) is 6.64. The van der Waals surface area contributed by atoms with Crippen molar-refractivity contribution >= 4 is 22.5 Å². The van der Waals surface area contributed by atoms with Crippen LogP contribution in [0.3, 0.4) is 0 Å². The number of hydrogen-bond donors (Lipinski definition) is 2. The van der Waals surface area contributed by atoms with Gasteiger partial charge in [0.1, 0.15) is 17.3 Å². The molecule has 4 aromatic rings. The molecule has 1 aliphatic heterocycles. The van der Waals surface area contributed by atoms with Crippen LogP contribution in [-0.4, -0.2) is 20.4 Å². The van der Waals surface area contributed by atoms with Crippen molar-refractivity contribution in [2.24, 2.45) is 0 Å². The van der Waals surface area contributed by atoms with E-state index in [9.17, 15) is 9.18 Å². The smallest absolute Gasteiger partial charge is 0.272 e. The molecule has 140 valence electrons. The van der Waals surface area contributed by atoms with Gasteiger partial charge in [0.25, 0.3) is 5.91 Å². The number of benzene rings is 2. The van der Waals surface area contributed by atoms with Crippen LogP contribution >= 0.6 is 0 Å². The first-order valence-corrected chi connectivity index (χ1v) is 9.42. The Morgan fingerprint density at radius 1 is 1.14 bits per heavy atom. The zero-order chi connectivity index (χ0) is 19.1. The molecule has 0 saturated heterocycles. The number of imidazole rings is 1. The first-order chi connectivity index (χ1) is 13.7. The molecular weight excluding hydrogens is 355 g/mol. The summed E-state index contributed by atoms with van der Waals surface area (Å²) in [6, 6.07) is 13.9. The van der Waals surface area contributed by atoms with Crippen molar-refractivity contribution in [2.45, 2.75) is 25.8 Å². The Kier molecular flexibility index (Phi) is 3.97. The number of anilines is 1. The lowest BCUT2D eigenvalue weighted by molar-refractivity contribution is 0.102.